The van der Waals surface area contributed by atoms with Gasteiger partial charge in [-0.15, -0.1) is 21.8 Å². The molecule has 0 aliphatic rings. The zero-order valence-corrected chi connectivity index (χ0v) is 11.0. The first-order valence-corrected chi connectivity index (χ1v) is 6.32. The number of pyridine rings is 1. The van der Waals surface area contributed by atoms with Crippen LogP contribution in [0.1, 0.15) is 16.8 Å². The molecular formula is C14H9ClFN3O. The average Bonchev–Trinajstić information content (AvgIpc) is 2.98. The highest BCUT2D eigenvalue weighted by molar-refractivity contribution is 6.22. The van der Waals surface area contributed by atoms with Gasteiger partial charge in [-0.3, -0.25) is 0 Å². The van der Waals surface area contributed by atoms with Crippen LogP contribution in [0.25, 0.3) is 11.6 Å². The molecule has 1 aromatic carbocycles. The van der Waals surface area contributed by atoms with Gasteiger partial charge in [0.15, 0.2) is 0 Å². The maximum atomic E-state index is 12.8. The zero-order chi connectivity index (χ0) is 13.9. The standard InChI is InChI=1S/C14H9ClFN3O/c15-12(9-4-2-1-3-5-9)14-19-18-13(20-14)11-7-6-10(16)8-17-11/h1-8,12H. The lowest BCUT2D eigenvalue weighted by molar-refractivity contribution is 0.511. The largest absolute Gasteiger partial charge is 0.417 e. The van der Waals surface area contributed by atoms with E-state index in [0.717, 1.165) is 11.8 Å². The van der Waals surface area contributed by atoms with Gasteiger partial charge in [-0.2, -0.15) is 0 Å². The maximum Gasteiger partial charge on any atom is 0.266 e. The van der Waals surface area contributed by atoms with Crippen molar-refractivity contribution in [2.75, 3.05) is 0 Å². The average molecular weight is 290 g/mol. The van der Waals surface area contributed by atoms with Gasteiger partial charge in [0.05, 0.1) is 6.20 Å². The molecule has 0 bridgehead atoms. The molecule has 4 nitrogen and oxygen atoms in total. The maximum absolute atomic E-state index is 12.8. The minimum absolute atomic E-state index is 0.210. The van der Waals surface area contributed by atoms with Crippen LogP contribution >= 0.6 is 11.6 Å². The first kappa shape index (κ1) is 12.7. The second-order valence-corrected chi connectivity index (χ2v) is 4.52. The Kier molecular flexibility index (Phi) is 3.43. The Balaban J connectivity index is 1.89. The number of alkyl halides is 1. The van der Waals surface area contributed by atoms with Gasteiger partial charge in [0.1, 0.15) is 16.9 Å². The van der Waals surface area contributed by atoms with Crippen LogP contribution in [0.4, 0.5) is 4.39 Å². The molecule has 2 heterocycles. The molecule has 100 valence electrons. The van der Waals surface area contributed by atoms with Crippen molar-refractivity contribution >= 4 is 11.6 Å². The van der Waals surface area contributed by atoms with Crippen molar-refractivity contribution in [3.8, 4) is 11.6 Å². The van der Waals surface area contributed by atoms with Crippen molar-refractivity contribution in [3.63, 3.8) is 0 Å². The molecule has 3 aromatic rings. The van der Waals surface area contributed by atoms with Gasteiger partial charge in [-0.1, -0.05) is 30.3 Å². The minimum Gasteiger partial charge on any atom is -0.417 e. The van der Waals surface area contributed by atoms with Gasteiger partial charge in [0, 0.05) is 0 Å². The molecule has 1 atom stereocenters. The van der Waals surface area contributed by atoms with Crippen molar-refractivity contribution in [1.82, 2.24) is 15.2 Å². The van der Waals surface area contributed by atoms with Crippen LogP contribution < -0.4 is 0 Å². The highest BCUT2D eigenvalue weighted by Crippen LogP contribution is 2.29. The summed E-state index contributed by atoms with van der Waals surface area (Å²) in [6, 6.07) is 12.1. The van der Waals surface area contributed by atoms with Crippen molar-refractivity contribution in [3.05, 3.63) is 65.9 Å². The van der Waals surface area contributed by atoms with Crippen LogP contribution in [0, 0.1) is 5.82 Å². The summed E-state index contributed by atoms with van der Waals surface area (Å²) < 4.78 is 18.3. The van der Waals surface area contributed by atoms with Crippen LogP contribution in [0.15, 0.2) is 53.1 Å². The summed E-state index contributed by atoms with van der Waals surface area (Å²) in [5.41, 5.74) is 1.26. The summed E-state index contributed by atoms with van der Waals surface area (Å²) in [6.07, 6.45) is 1.09. The third-order valence-corrected chi connectivity index (χ3v) is 3.13. The third kappa shape index (κ3) is 2.53. The summed E-state index contributed by atoms with van der Waals surface area (Å²) in [6.45, 7) is 0. The first-order chi connectivity index (χ1) is 9.74. The van der Waals surface area contributed by atoms with Gasteiger partial charge < -0.3 is 4.42 Å². The van der Waals surface area contributed by atoms with Gasteiger partial charge in [-0.25, -0.2) is 9.37 Å². The van der Waals surface area contributed by atoms with Gasteiger partial charge >= 0.3 is 0 Å². The molecular weight excluding hydrogens is 281 g/mol. The van der Waals surface area contributed by atoms with E-state index in [4.69, 9.17) is 16.0 Å². The van der Waals surface area contributed by atoms with E-state index >= 15 is 0 Å². The Hall–Kier alpha value is -2.27. The first-order valence-electron chi connectivity index (χ1n) is 5.88. The predicted molar refractivity (Wildman–Crippen MR) is 71.6 cm³/mol. The normalized spacial score (nSPS) is 12.3. The third-order valence-electron chi connectivity index (χ3n) is 2.70. The minimum atomic E-state index is -0.530. The Morgan fingerprint density at radius 3 is 2.55 bits per heavy atom. The van der Waals surface area contributed by atoms with Crippen LogP contribution in [-0.4, -0.2) is 15.2 Å². The number of hydrogen-bond acceptors (Lipinski definition) is 4. The second kappa shape index (κ2) is 5.38. The lowest BCUT2D eigenvalue weighted by Gasteiger charge is -2.03. The number of benzene rings is 1. The number of aromatic nitrogens is 3. The number of nitrogens with zero attached hydrogens (tertiary/aromatic N) is 3. The quantitative estimate of drug-likeness (QED) is 0.691. The van der Waals surface area contributed by atoms with E-state index in [9.17, 15) is 4.39 Å². The molecule has 2 aromatic heterocycles. The fraction of sp³-hybridized carbons (Fsp3) is 0.0714. The summed E-state index contributed by atoms with van der Waals surface area (Å²) in [5.74, 6) is 0.0635. The fourth-order valence-electron chi connectivity index (χ4n) is 1.71. The molecule has 3 rings (SSSR count). The molecule has 0 aliphatic heterocycles. The highest BCUT2D eigenvalue weighted by atomic mass is 35.5. The predicted octanol–water partition coefficient (Wildman–Crippen LogP) is 3.60. The molecule has 0 N–H and O–H groups in total. The van der Waals surface area contributed by atoms with Crippen LogP contribution in [0.3, 0.4) is 0 Å². The molecule has 20 heavy (non-hydrogen) atoms. The highest BCUT2D eigenvalue weighted by Gasteiger charge is 2.19. The van der Waals surface area contributed by atoms with E-state index in [0.29, 0.717) is 5.69 Å². The van der Waals surface area contributed by atoms with Gasteiger partial charge in [-0.05, 0) is 17.7 Å². The van der Waals surface area contributed by atoms with Crippen molar-refractivity contribution in [2.45, 2.75) is 5.38 Å². The number of rotatable bonds is 3. The Morgan fingerprint density at radius 2 is 1.85 bits per heavy atom. The van der Waals surface area contributed by atoms with E-state index < -0.39 is 11.2 Å². The lowest BCUT2D eigenvalue weighted by Crippen LogP contribution is -1.92. The van der Waals surface area contributed by atoms with Crippen LogP contribution in [0.2, 0.25) is 0 Å². The van der Waals surface area contributed by atoms with E-state index in [2.05, 4.69) is 15.2 Å². The molecule has 1 unspecified atom stereocenters. The smallest absolute Gasteiger partial charge is 0.266 e. The fourth-order valence-corrected chi connectivity index (χ4v) is 1.94. The van der Waals surface area contributed by atoms with E-state index in [1.165, 1.54) is 12.1 Å². The topological polar surface area (TPSA) is 51.8 Å². The second-order valence-electron chi connectivity index (χ2n) is 4.08. The molecule has 6 heteroatoms. The van der Waals surface area contributed by atoms with Gasteiger partial charge in [0.2, 0.25) is 5.89 Å². The van der Waals surface area contributed by atoms with Crippen molar-refractivity contribution in [2.24, 2.45) is 0 Å². The lowest BCUT2D eigenvalue weighted by atomic mass is 10.1. The molecule has 0 saturated carbocycles. The Labute approximate surface area is 119 Å². The monoisotopic (exact) mass is 289 g/mol. The van der Waals surface area contributed by atoms with Crippen molar-refractivity contribution < 1.29 is 8.81 Å². The Morgan fingerprint density at radius 1 is 1.05 bits per heavy atom. The number of hydrogen-bond donors (Lipinski definition) is 0. The Bertz CT molecular complexity index is 700. The molecule has 0 saturated heterocycles. The number of halogens is 2. The van der Waals surface area contributed by atoms with E-state index in [1.54, 1.807) is 0 Å². The summed E-state index contributed by atoms with van der Waals surface area (Å²) in [7, 11) is 0. The molecule has 0 radical (unpaired) electrons. The van der Waals surface area contributed by atoms with Crippen LogP contribution in [0.5, 0.6) is 0 Å². The molecule has 0 spiro atoms. The summed E-state index contributed by atoms with van der Waals surface area (Å²) >= 11 is 6.28. The zero-order valence-electron chi connectivity index (χ0n) is 10.2. The van der Waals surface area contributed by atoms with Crippen molar-refractivity contribution in [1.29, 1.82) is 0 Å². The van der Waals surface area contributed by atoms with Crippen LogP contribution in [-0.2, 0) is 0 Å². The van der Waals surface area contributed by atoms with Gasteiger partial charge in [0.25, 0.3) is 5.89 Å². The molecule has 0 aliphatic carbocycles. The van der Waals surface area contributed by atoms with E-state index in [-0.39, 0.29) is 11.8 Å². The molecule has 0 amide bonds. The van der Waals surface area contributed by atoms with E-state index in [1.807, 2.05) is 30.3 Å². The summed E-state index contributed by atoms with van der Waals surface area (Å²) in [5, 5.41) is 7.26. The SMILES string of the molecule is Fc1ccc(-c2nnc(C(Cl)c3ccccc3)o2)nc1. The summed E-state index contributed by atoms with van der Waals surface area (Å²) in [4.78, 5) is 3.88. The molecule has 0 fully saturated rings.